The summed E-state index contributed by atoms with van der Waals surface area (Å²) in [7, 11) is 0. The van der Waals surface area contributed by atoms with Gasteiger partial charge >= 0.3 is 0 Å². The quantitative estimate of drug-likeness (QED) is 0.939. The number of nitrogens with zero attached hydrogens (tertiary/aromatic N) is 3. The molecule has 0 bridgehead atoms. The smallest absolute Gasteiger partial charge is 0.258 e. The van der Waals surface area contributed by atoms with Crippen LogP contribution in [-0.4, -0.2) is 41.2 Å². The molecule has 3 rings (SSSR count). The van der Waals surface area contributed by atoms with Crippen LogP contribution in [0.1, 0.15) is 11.4 Å². The zero-order chi connectivity index (χ0) is 13.9. The van der Waals surface area contributed by atoms with Crippen molar-refractivity contribution in [3.63, 3.8) is 0 Å². The molecule has 1 saturated heterocycles. The summed E-state index contributed by atoms with van der Waals surface area (Å²) >= 11 is 5.96. The summed E-state index contributed by atoms with van der Waals surface area (Å²) < 4.78 is 5.37. The fourth-order valence-corrected chi connectivity index (χ4v) is 2.59. The lowest BCUT2D eigenvalue weighted by atomic mass is 10.1. The fourth-order valence-electron chi connectivity index (χ4n) is 2.36. The molecule has 20 heavy (non-hydrogen) atoms. The normalized spacial score (nSPS) is 16.5. The van der Waals surface area contributed by atoms with Gasteiger partial charge in [-0.2, -0.15) is 4.98 Å². The number of rotatable bonds is 3. The predicted molar refractivity (Wildman–Crippen MR) is 77.6 cm³/mol. The molecule has 0 atom stereocenters. The van der Waals surface area contributed by atoms with Crippen molar-refractivity contribution >= 4 is 11.6 Å². The molecule has 0 saturated carbocycles. The van der Waals surface area contributed by atoms with E-state index in [2.05, 4.69) is 20.4 Å². The highest BCUT2D eigenvalue weighted by Gasteiger charge is 2.15. The fraction of sp³-hybridized carbons (Fsp3) is 0.429. The highest BCUT2D eigenvalue weighted by atomic mass is 35.5. The van der Waals surface area contributed by atoms with Crippen molar-refractivity contribution in [2.75, 3.05) is 26.2 Å². The Balaban J connectivity index is 1.75. The highest BCUT2D eigenvalue weighted by molar-refractivity contribution is 6.30. The first-order chi connectivity index (χ1) is 9.72. The van der Waals surface area contributed by atoms with E-state index in [0.29, 0.717) is 10.9 Å². The van der Waals surface area contributed by atoms with Crippen LogP contribution in [0.3, 0.4) is 0 Å². The number of halogens is 1. The molecule has 0 spiro atoms. The molecular formula is C14H17ClN4O. The molecule has 0 radical (unpaired) electrons. The van der Waals surface area contributed by atoms with Crippen LogP contribution in [0.15, 0.2) is 22.7 Å². The molecule has 1 aromatic heterocycles. The Hall–Kier alpha value is -1.43. The Morgan fingerprint density at radius 1 is 1.35 bits per heavy atom. The van der Waals surface area contributed by atoms with Gasteiger partial charge in [0.2, 0.25) is 0 Å². The second-order valence-corrected chi connectivity index (χ2v) is 5.44. The minimum atomic E-state index is 0.560. The second kappa shape index (κ2) is 5.91. The summed E-state index contributed by atoms with van der Waals surface area (Å²) in [5, 5.41) is 8.11. The minimum Gasteiger partial charge on any atom is -0.334 e. The van der Waals surface area contributed by atoms with Crippen LogP contribution >= 0.6 is 11.6 Å². The SMILES string of the molecule is Cc1cc(Cl)ccc1-c1nc(CN2CCNCC2)no1. The summed E-state index contributed by atoms with van der Waals surface area (Å²) in [6, 6.07) is 5.65. The van der Waals surface area contributed by atoms with Crippen molar-refractivity contribution < 1.29 is 4.52 Å². The zero-order valence-electron chi connectivity index (χ0n) is 11.4. The average molecular weight is 293 g/mol. The Kier molecular flexibility index (Phi) is 4.00. The molecule has 0 amide bonds. The molecule has 1 aromatic carbocycles. The van der Waals surface area contributed by atoms with Gasteiger partial charge in [0.05, 0.1) is 6.54 Å². The van der Waals surface area contributed by atoms with Crippen LogP contribution in [-0.2, 0) is 6.54 Å². The first-order valence-corrected chi connectivity index (χ1v) is 7.12. The summed E-state index contributed by atoms with van der Waals surface area (Å²) in [5.41, 5.74) is 1.98. The lowest BCUT2D eigenvalue weighted by Crippen LogP contribution is -2.43. The predicted octanol–water partition coefficient (Wildman–Crippen LogP) is 2.10. The molecule has 106 valence electrons. The lowest BCUT2D eigenvalue weighted by molar-refractivity contribution is 0.225. The molecule has 5 nitrogen and oxygen atoms in total. The molecule has 0 aliphatic carbocycles. The van der Waals surface area contributed by atoms with Crippen LogP contribution in [0.5, 0.6) is 0 Å². The first kappa shape index (κ1) is 13.5. The van der Waals surface area contributed by atoms with E-state index >= 15 is 0 Å². The van der Waals surface area contributed by atoms with Gasteiger partial charge in [-0.15, -0.1) is 0 Å². The maximum absolute atomic E-state index is 5.96. The van der Waals surface area contributed by atoms with Crippen molar-refractivity contribution in [3.05, 3.63) is 34.6 Å². The summed E-state index contributed by atoms with van der Waals surface area (Å²) in [4.78, 5) is 6.80. The van der Waals surface area contributed by atoms with E-state index in [9.17, 15) is 0 Å². The third-order valence-electron chi connectivity index (χ3n) is 3.46. The van der Waals surface area contributed by atoms with E-state index in [-0.39, 0.29) is 0 Å². The van der Waals surface area contributed by atoms with Gasteiger partial charge < -0.3 is 9.84 Å². The number of hydrogen-bond acceptors (Lipinski definition) is 5. The van der Waals surface area contributed by atoms with Crippen molar-refractivity contribution in [1.82, 2.24) is 20.4 Å². The van der Waals surface area contributed by atoms with Gasteiger partial charge in [-0.25, -0.2) is 0 Å². The number of aryl methyl sites for hydroxylation is 1. The number of benzene rings is 1. The molecule has 1 fully saturated rings. The van der Waals surface area contributed by atoms with Gasteiger partial charge in [0, 0.05) is 36.8 Å². The Morgan fingerprint density at radius 3 is 2.90 bits per heavy atom. The van der Waals surface area contributed by atoms with Gasteiger partial charge in [0.15, 0.2) is 5.82 Å². The monoisotopic (exact) mass is 292 g/mol. The van der Waals surface area contributed by atoms with Gasteiger partial charge in [0.1, 0.15) is 0 Å². The molecule has 6 heteroatoms. The molecular weight excluding hydrogens is 276 g/mol. The van der Waals surface area contributed by atoms with Crippen LogP contribution in [0, 0.1) is 6.92 Å². The van der Waals surface area contributed by atoms with E-state index in [1.165, 1.54) is 0 Å². The average Bonchev–Trinajstić information content (AvgIpc) is 2.88. The van der Waals surface area contributed by atoms with Crippen LogP contribution in [0.2, 0.25) is 5.02 Å². The lowest BCUT2D eigenvalue weighted by Gasteiger charge is -2.25. The number of piperazine rings is 1. The van der Waals surface area contributed by atoms with Gasteiger partial charge in [-0.3, -0.25) is 4.90 Å². The summed E-state index contributed by atoms with van der Waals surface area (Å²) in [5.74, 6) is 1.29. The summed E-state index contributed by atoms with van der Waals surface area (Å²) in [6.07, 6.45) is 0. The van der Waals surface area contributed by atoms with Crippen LogP contribution in [0.25, 0.3) is 11.5 Å². The number of nitrogens with one attached hydrogen (secondary N) is 1. The van der Waals surface area contributed by atoms with Crippen LogP contribution < -0.4 is 5.32 Å². The minimum absolute atomic E-state index is 0.560. The molecule has 1 aliphatic rings. The van der Waals surface area contributed by atoms with Crippen molar-refractivity contribution in [2.24, 2.45) is 0 Å². The van der Waals surface area contributed by atoms with Crippen molar-refractivity contribution in [2.45, 2.75) is 13.5 Å². The zero-order valence-corrected chi connectivity index (χ0v) is 12.2. The Labute approximate surface area is 122 Å². The maximum atomic E-state index is 5.96. The van der Waals surface area contributed by atoms with E-state index in [1.54, 1.807) is 0 Å². The van der Waals surface area contributed by atoms with Gasteiger partial charge in [0.25, 0.3) is 5.89 Å². The van der Waals surface area contributed by atoms with Crippen LogP contribution in [0.4, 0.5) is 0 Å². The van der Waals surface area contributed by atoms with Crippen molar-refractivity contribution in [1.29, 1.82) is 0 Å². The topological polar surface area (TPSA) is 54.2 Å². The third kappa shape index (κ3) is 3.00. The highest BCUT2D eigenvalue weighted by Crippen LogP contribution is 2.24. The third-order valence-corrected chi connectivity index (χ3v) is 3.70. The maximum Gasteiger partial charge on any atom is 0.258 e. The molecule has 1 aliphatic heterocycles. The van der Waals surface area contributed by atoms with E-state index in [1.807, 2.05) is 25.1 Å². The molecule has 1 N–H and O–H groups in total. The number of hydrogen-bond donors (Lipinski definition) is 1. The van der Waals surface area contributed by atoms with Gasteiger partial charge in [-0.05, 0) is 30.7 Å². The van der Waals surface area contributed by atoms with E-state index in [0.717, 1.165) is 49.7 Å². The van der Waals surface area contributed by atoms with Gasteiger partial charge in [-0.1, -0.05) is 16.8 Å². The largest absolute Gasteiger partial charge is 0.334 e. The molecule has 2 aromatic rings. The first-order valence-electron chi connectivity index (χ1n) is 6.74. The Bertz CT molecular complexity index is 593. The van der Waals surface area contributed by atoms with Crippen molar-refractivity contribution in [3.8, 4) is 11.5 Å². The molecule has 0 unspecified atom stereocenters. The van der Waals surface area contributed by atoms with E-state index in [4.69, 9.17) is 16.1 Å². The molecule has 2 heterocycles. The standard InChI is InChI=1S/C14H17ClN4O/c1-10-8-11(15)2-3-12(10)14-17-13(18-20-14)9-19-6-4-16-5-7-19/h2-3,8,16H,4-7,9H2,1H3. The van der Waals surface area contributed by atoms with E-state index < -0.39 is 0 Å². The number of aromatic nitrogens is 2. The second-order valence-electron chi connectivity index (χ2n) is 5.00. The summed E-state index contributed by atoms with van der Waals surface area (Å²) in [6.45, 7) is 6.79. The Morgan fingerprint density at radius 2 is 2.15 bits per heavy atom.